The van der Waals surface area contributed by atoms with Crippen LogP contribution in [0.15, 0.2) is 24.9 Å². The van der Waals surface area contributed by atoms with Gasteiger partial charge >= 0.3 is 0 Å². The predicted octanol–water partition coefficient (Wildman–Crippen LogP) is 1.39. The third-order valence-electron chi connectivity index (χ3n) is 3.56. The summed E-state index contributed by atoms with van der Waals surface area (Å²) in [6, 6.07) is 0.509. The smallest absolute Gasteiger partial charge is 0.219 e. The zero-order chi connectivity index (χ0) is 13.7. The van der Waals surface area contributed by atoms with E-state index in [1.807, 2.05) is 0 Å². The summed E-state index contributed by atoms with van der Waals surface area (Å²) in [5, 5.41) is 0.854. The number of nitrogen functional groups attached to an aromatic ring is 2. The van der Waals surface area contributed by atoms with Crippen LogP contribution in [0, 0.1) is 0 Å². The predicted molar refractivity (Wildman–Crippen MR) is 75.6 cm³/mol. The Labute approximate surface area is 114 Å². The van der Waals surface area contributed by atoms with Crippen LogP contribution < -0.4 is 11.5 Å². The van der Waals surface area contributed by atoms with E-state index in [9.17, 15) is 0 Å². The topological polar surface area (TPSA) is 109 Å². The molecule has 1 saturated carbocycles. The van der Waals surface area contributed by atoms with Gasteiger partial charge in [-0.15, -0.1) is 0 Å². The minimum atomic E-state index is 0.254. The van der Waals surface area contributed by atoms with Gasteiger partial charge in [0.05, 0.1) is 5.39 Å². The summed E-state index contributed by atoms with van der Waals surface area (Å²) in [5.74, 6) is 0.727. The van der Waals surface area contributed by atoms with E-state index >= 15 is 0 Å². The third kappa shape index (κ3) is 1.59. The molecule has 0 unspecified atom stereocenters. The van der Waals surface area contributed by atoms with Gasteiger partial charge in [0.2, 0.25) is 5.95 Å². The van der Waals surface area contributed by atoms with E-state index in [4.69, 9.17) is 11.5 Å². The van der Waals surface area contributed by atoms with Gasteiger partial charge in [-0.25, -0.2) is 19.9 Å². The number of nitrogens with zero attached hydrogens (tertiary/aromatic N) is 5. The van der Waals surface area contributed by atoms with Gasteiger partial charge in [-0.05, 0) is 12.8 Å². The highest BCUT2D eigenvalue weighted by atomic mass is 15.1. The van der Waals surface area contributed by atoms with Crippen LogP contribution in [-0.4, -0.2) is 24.5 Å². The molecule has 1 aliphatic carbocycles. The van der Waals surface area contributed by atoms with Gasteiger partial charge in [-0.3, -0.25) is 0 Å². The minimum Gasteiger partial charge on any atom is -0.383 e. The van der Waals surface area contributed by atoms with E-state index in [1.54, 1.807) is 12.4 Å². The van der Waals surface area contributed by atoms with Crippen molar-refractivity contribution >= 4 is 22.8 Å². The van der Waals surface area contributed by atoms with E-state index in [0.717, 1.165) is 22.2 Å². The molecule has 3 heterocycles. The Bertz CT molecular complexity index is 786. The first-order chi connectivity index (χ1) is 9.74. The zero-order valence-electron chi connectivity index (χ0n) is 10.7. The largest absolute Gasteiger partial charge is 0.383 e. The van der Waals surface area contributed by atoms with Crippen LogP contribution in [0.1, 0.15) is 18.9 Å². The Morgan fingerprint density at radius 2 is 1.80 bits per heavy atom. The van der Waals surface area contributed by atoms with Crippen molar-refractivity contribution in [3.8, 4) is 11.1 Å². The minimum absolute atomic E-state index is 0.254. The summed E-state index contributed by atoms with van der Waals surface area (Å²) in [7, 11) is 0. The number of hydrogen-bond acceptors (Lipinski definition) is 6. The molecule has 4 N–H and O–H groups in total. The van der Waals surface area contributed by atoms with Gasteiger partial charge in [0, 0.05) is 35.8 Å². The molecular formula is C13H13N7. The fraction of sp³-hybridized carbons (Fsp3) is 0.231. The molecule has 1 aliphatic rings. The second kappa shape index (κ2) is 3.89. The molecular weight excluding hydrogens is 254 g/mol. The molecule has 0 aromatic carbocycles. The number of anilines is 2. The van der Waals surface area contributed by atoms with Gasteiger partial charge in [-0.2, -0.15) is 0 Å². The van der Waals surface area contributed by atoms with Crippen LogP contribution >= 0.6 is 0 Å². The van der Waals surface area contributed by atoms with Crippen molar-refractivity contribution in [2.45, 2.75) is 18.9 Å². The standard InChI is InChI=1S/C13H13N7/c14-11-10-9(7-3-16-13(15)17-4-7)5-20(8-1-2-8)12(10)19-6-18-11/h3-6,8H,1-2H2,(H2,14,18,19)(H2,15,16,17). The molecule has 0 spiro atoms. The lowest BCUT2D eigenvalue weighted by atomic mass is 10.1. The Hall–Kier alpha value is -2.70. The summed E-state index contributed by atoms with van der Waals surface area (Å²) in [6.07, 6.45) is 9.29. The number of rotatable bonds is 2. The van der Waals surface area contributed by atoms with Gasteiger partial charge in [0.1, 0.15) is 17.8 Å². The van der Waals surface area contributed by atoms with Crippen molar-refractivity contribution in [2.75, 3.05) is 11.5 Å². The molecule has 3 aromatic heterocycles. The normalized spacial score (nSPS) is 14.8. The Kier molecular flexibility index (Phi) is 2.17. The van der Waals surface area contributed by atoms with Crippen LogP contribution in [0.25, 0.3) is 22.2 Å². The SMILES string of the molecule is Nc1ncc(-c2cn(C3CC3)c3ncnc(N)c23)cn1. The van der Waals surface area contributed by atoms with Gasteiger partial charge in [0.25, 0.3) is 0 Å². The average molecular weight is 267 g/mol. The molecule has 0 radical (unpaired) electrons. The summed E-state index contributed by atoms with van der Waals surface area (Å²) in [6.45, 7) is 0. The Morgan fingerprint density at radius 1 is 1.05 bits per heavy atom. The highest BCUT2D eigenvalue weighted by Crippen LogP contribution is 2.41. The quantitative estimate of drug-likeness (QED) is 0.726. The fourth-order valence-corrected chi connectivity index (χ4v) is 2.44. The Morgan fingerprint density at radius 3 is 2.50 bits per heavy atom. The van der Waals surface area contributed by atoms with Crippen molar-refractivity contribution in [1.29, 1.82) is 0 Å². The van der Waals surface area contributed by atoms with Crippen LogP contribution in [0.3, 0.4) is 0 Å². The zero-order valence-corrected chi connectivity index (χ0v) is 10.7. The Balaban J connectivity index is 2.01. The number of hydrogen-bond donors (Lipinski definition) is 2. The summed E-state index contributed by atoms with van der Waals surface area (Å²) < 4.78 is 2.17. The van der Waals surface area contributed by atoms with E-state index in [0.29, 0.717) is 11.9 Å². The van der Waals surface area contributed by atoms with Crippen molar-refractivity contribution in [3.05, 3.63) is 24.9 Å². The lowest BCUT2D eigenvalue weighted by Crippen LogP contribution is -1.96. The molecule has 7 nitrogen and oxygen atoms in total. The highest BCUT2D eigenvalue weighted by molar-refractivity contribution is 6.00. The van der Waals surface area contributed by atoms with Crippen LogP contribution in [0.4, 0.5) is 11.8 Å². The van der Waals surface area contributed by atoms with Crippen molar-refractivity contribution in [3.63, 3.8) is 0 Å². The average Bonchev–Trinajstić information content (AvgIpc) is 3.21. The van der Waals surface area contributed by atoms with Crippen LogP contribution in [0.2, 0.25) is 0 Å². The monoisotopic (exact) mass is 267 g/mol. The van der Waals surface area contributed by atoms with E-state index in [2.05, 4.69) is 30.7 Å². The van der Waals surface area contributed by atoms with E-state index < -0.39 is 0 Å². The number of aromatic nitrogens is 5. The lowest BCUT2D eigenvalue weighted by molar-refractivity contribution is 0.766. The lowest BCUT2D eigenvalue weighted by Gasteiger charge is -2.01. The summed E-state index contributed by atoms with van der Waals surface area (Å²) in [4.78, 5) is 16.5. The second-order valence-electron chi connectivity index (χ2n) is 4.97. The second-order valence-corrected chi connectivity index (χ2v) is 4.97. The molecule has 20 heavy (non-hydrogen) atoms. The highest BCUT2D eigenvalue weighted by Gasteiger charge is 2.27. The third-order valence-corrected chi connectivity index (χ3v) is 3.56. The first-order valence-corrected chi connectivity index (χ1v) is 6.43. The summed E-state index contributed by atoms with van der Waals surface area (Å²) >= 11 is 0. The van der Waals surface area contributed by atoms with Crippen molar-refractivity contribution in [1.82, 2.24) is 24.5 Å². The molecule has 4 rings (SSSR count). The molecule has 3 aromatic rings. The van der Waals surface area contributed by atoms with E-state index in [1.165, 1.54) is 19.2 Å². The maximum Gasteiger partial charge on any atom is 0.219 e. The van der Waals surface area contributed by atoms with Crippen molar-refractivity contribution in [2.24, 2.45) is 0 Å². The number of nitrogens with two attached hydrogens (primary N) is 2. The number of fused-ring (bicyclic) bond motifs is 1. The molecule has 7 heteroatoms. The molecule has 0 bridgehead atoms. The molecule has 0 atom stereocenters. The maximum absolute atomic E-state index is 6.03. The van der Waals surface area contributed by atoms with Crippen LogP contribution in [-0.2, 0) is 0 Å². The first kappa shape index (κ1) is 11.2. The van der Waals surface area contributed by atoms with Gasteiger partial charge in [0.15, 0.2) is 0 Å². The molecule has 0 aliphatic heterocycles. The molecule has 0 amide bonds. The molecule has 0 saturated heterocycles. The van der Waals surface area contributed by atoms with Crippen molar-refractivity contribution < 1.29 is 0 Å². The fourth-order valence-electron chi connectivity index (χ4n) is 2.44. The molecule has 100 valence electrons. The van der Waals surface area contributed by atoms with Crippen LogP contribution in [0.5, 0.6) is 0 Å². The van der Waals surface area contributed by atoms with Gasteiger partial charge in [-0.1, -0.05) is 0 Å². The maximum atomic E-state index is 6.03. The first-order valence-electron chi connectivity index (χ1n) is 6.43. The summed E-state index contributed by atoms with van der Waals surface area (Å²) in [5.41, 5.74) is 14.2. The van der Waals surface area contributed by atoms with E-state index in [-0.39, 0.29) is 5.95 Å². The molecule has 1 fully saturated rings. The van der Waals surface area contributed by atoms with Gasteiger partial charge < -0.3 is 16.0 Å².